The van der Waals surface area contributed by atoms with Crippen molar-refractivity contribution in [3.8, 4) is 0 Å². The standard InChI is InChI=1S/C12H19NO2S/c1-3-4-5-6-7-11-13-9(2)10(16-11)8-12(14)15/h3-8H2,1-2H3,(H,14,15). The van der Waals surface area contributed by atoms with Crippen LogP contribution in [0, 0.1) is 6.92 Å². The Hall–Kier alpha value is -0.900. The SMILES string of the molecule is CCCCCCc1nc(C)c(CC(=O)O)s1. The van der Waals surface area contributed by atoms with Crippen LogP contribution in [0.5, 0.6) is 0 Å². The minimum absolute atomic E-state index is 0.110. The molecule has 0 aliphatic heterocycles. The maximum absolute atomic E-state index is 10.6. The van der Waals surface area contributed by atoms with E-state index in [-0.39, 0.29) is 6.42 Å². The van der Waals surface area contributed by atoms with Gasteiger partial charge in [-0.1, -0.05) is 26.2 Å². The van der Waals surface area contributed by atoms with Crippen LogP contribution in [0.3, 0.4) is 0 Å². The van der Waals surface area contributed by atoms with Crippen LogP contribution in [0.2, 0.25) is 0 Å². The van der Waals surface area contributed by atoms with Crippen molar-refractivity contribution in [1.82, 2.24) is 4.98 Å². The summed E-state index contributed by atoms with van der Waals surface area (Å²) in [5, 5.41) is 9.81. The van der Waals surface area contributed by atoms with Gasteiger partial charge in [0.15, 0.2) is 0 Å². The first kappa shape index (κ1) is 13.2. The van der Waals surface area contributed by atoms with Crippen molar-refractivity contribution in [2.24, 2.45) is 0 Å². The smallest absolute Gasteiger partial charge is 0.308 e. The highest BCUT2D eigenvalue weighted by molar-refractivity contribution is 7.11. The number of aliphatic carboxylic acids is 1. The van der Waals surface area contributed by atoms with Gasteiger partial charge in [0, 0.05) is 4.88 Å². The van der Waals surface area contributed by atoms with E-state index >= 15 is 0 Å². The third-order valence-corrected chi connectivity index (χ3v) is 3.71. The highest BCUT2D eigenvalue weighted by Gasteiger charge is 2.10. The molecule has 1 N–H and O–H groups in total. The van der Waals surface area contributed by atoms with Gasteiger partial charge >= 0.3 is 5.97 Å². The van der Waals surface area contributed by atoms with E-state index in [9.17, 15) is 4.79 Å². The fourth-order valence-corrected chi connectivity index (χ4v) is 2.70. The number of nitrogens with zero attached hydrogens (tertiary/aromatic N) is 1. The third kappa shape index (κ3) is 4.31. The number of aromatic nitrogens is 1. The van der Waals surface area contributed by atoms with Gasteiger partial charge in [-0.15, -0.1) is 11.3 Å². The second-order valence-electron chi connectivity index (χ2n) is 4.00. The molecule has 0 saturated heterocycles. The number of unbranched alkanes of at least 4 members (excludes halogenated alkanes) is 3. The summed E-state index contributed by atoms with van der Waals surface area (Å²) >= 11 is 1.55. The number of hydrogen-bond donors (Lipinski definition) is 1. The van der Waals surface area contributed by atoms with Gasteiger partial charge in [-0.3, -0.25) is 4.79 Å². The summed E-state index contributed by atoms with van der Waals surface area (Å²) in [5.41, 5.74) is 0.887. The fourth-order valence-electron chi connectivity index (χ4n) is 1.60. The Bertz CT molecular complexity index is 347. The minimum Gasteiger partial charge on any atom is -0.481 e. The largest absolute Gasteiger partial charge is 0.481 e. The topological polar surface area (TPSA) is 50.2 Å². The van der Waals surface area contributed by atoms with E-state index in [1.807, 2.05) is 6.92 Å². The van der Waals surface area contributed by atoms with Gasteiger partial charge in [0.05, 0.1) is 17.1 Å². The second kappa shape index (κ2) is 6.63. The zero-order valence-corrected chi connectivity index (χ0v) is 10.8. The minimum atomic E-state index is -0.774. The molecule has 0 aromatic carbocycles. The molecule has 16 heavy (non-hydrogen) atoms. The van der Waals surface area contributed by atoms with Crippen molar-refractivity contribution in [3.05, 3.63) is 15.6 Å². The number of carboxylic acids is 1. The lowest BCUT2D eigenvalue weighted by molar-refractivity contribution is -0.136. The van der Waals surface area contributed by atoms with Gasteiger partial charge in [-0.2, -0.15) is 0 Å². The third-order valence-electron chi connectivity index (χ3n) is 2.49. The molecular formula is C12H19NO2S. The van der Waals surface area contributed by atoms with Crippen molar-refractivity contribution in [2.45, 2.75) is 52.4 Å². The molecule has 4 heteroatoms. The molecular weight excluding hydrogens is 222 g/mol. The van der Waals surface area contributed by atoms with Crippen LogP contribution in [-0.4, -0.2) is 16.1 Å². The summed E-state index contributed by atoms with van der Waals surface area (Å²) in [4.78, 5) is 15.9. The molecule has 1 heterocycles. The van der Waals surface area contributed by atoms with Crippen molar-refractivity contribution in [2.75, 3.05) is 0 Å². The Morgan fingerprint density at radius 3 is 2.75 bits per heavy atom. The summed E-state index contributed by atoms with van der Waals surface area (Å²) in [7, 11) is 0. The van der Waals surface area contributed by atoms with E-state index in [1.54, 1.807) is 11.3 Å². The first-order chi connectivity index (χ1) is 7.63. The van der Waals surface area contributed by atoms with Crippen molar-refractivity contribution < 1.29 is 9.90 Å². The van der Waals surface area contributed by atoms with E-state index in [2.05, 4.69) is 11.9 Å². The fraction of sp³-hybridized carbons (Fsp3) is 0.667. The molecule has 3 nitrogen and oxygen atoms in total. The molecule has 0 unspecified atom stereocenters. The Morgan fingerprint density at radius 1 is 1.38 bits per heavy atom. The highest BCUT2D eigenvalue weighted by Crippen LogP contribution is 2.20. The molecule has 0 spiro atoms. The van der Waals surface area contributed by atoms with Crippen LogP contribution in [-0.2, 0) is 17.6 Å². The number of rotatable bonds is 7. The Kier molecular flexibility index (Phi) is 5.46. The predicted octanol–water partition coefficient (Wildman–Crippen LogP) is 3.20. The van der Waals surface area contributed by atoms with E-state index in [1.165, 1.54) is 19.3 Å². The van der Waals surface area contributed by atoms with Crippen LogP contribution in [0.25, 0.3) is 0 Å². The van der Waals surface area contributed by atoms with Gasteiger partial charge in [0.2, 0.25) is 0 Å². The van der Waals surface area contributed by atoms with Gasteiger partial charge < -0.3 is 5.11 Å². The molecule has 1 aromatic rings. The maximum Gasteiger partial charge on any atom is 0.308 e. The lowest BCUT2D eigenvalue weighted by Crippen LogP contribution is -1.99. The van der Waals surface area contributed by atoms with Gasteiger partial charge in [-0.05, 0) is 19.8 Å². The number of carbonyl (C=O) groups is 1. The molecule has 1 rings (SSSR count). The first-order valence-electron chi connectivity index (χ1n) is 5.80. The van der Waals surface area contributed by atoms with Crippen molar-refractivity contribution in [3.63, 3.8) is 0 Å². The normalized spacial score (nSPS) is 10.6. The van der Waals surface area contributed by atoms with Gasteiger partial charge in [0.1, 0.15) is 0 Å². The van der Waals surface area contributed by atoms with Crippen LogP contribution in [0.15, 0.2) is 0 Å². The average Bonchev–Trinajstić information content (AvgIpc) is 2.54. The van der Waals surface area contributed by atoms with Crippen LogP contribution in [0.4, 0.5) is 0 Å². The first-order valence-corrected chi connectivity index (χ1v) is 6.62. The molecule has 90 valence electrons. The lowest BCUT2D eigenvalue weighted by Gasteiger charge is -1.95. The number of aryl methyl sites for hydroxylation is 2. The molecule has 0 aliphatic rings. The summed E-state index contributed by atoms with van der Waals surface area (Å²) in [6.45, 7) is 4.09. The number of carboxylic acid groups (broad SMARTS) is 1. The summed E-state index contributed by atoms with van der Waals surface area (Å²) < 4.78 is 0. The van der Waals surface area contributed by atoms with E-state index in [4.69, 9.17) is 5.11 Å². The molecule has 0 aliphatic carbocycles. The molecule has 0 bridgehead atoms. The van der Waals surface area contributed by atoms with Crippen LogP contribution in [0.1, 0.15) is 48.2 Å². The molecule has 0 atom stereocenters. The van der Waals surface area contributed by atoms with Gasteiger partial charge in [-0.25, -0.2) is 4.98 Å². The van der Waals surface area contributed by atoms with E-state index < -0.39 is 5.97 Å². The number of hydrogen-bond acceptors (Lipinski definition) is 3. The predicted molar refractivity (Wildman–Crippen MR) is 66.0 cm³/mol. The molecule has 0 saturated carbocycles. The van der Waals surface area contributed by atoms with E-state index in [0.29, 0.717) is 0 Å². The zero-order chi connectivity index (χ0) is 12.0. The molecule has 0 radical (unpaired) electrons. The van der Waals surface area contributed by atoms with Crippen molar-refractivity contribution in [1.29, 1.82) is 0 Å². The van der Waals surface area contributed by atoms with Crippen LogP contribution < -0.4 is 0 Å². The quantitative estimate of drug-likeness (QED) is 0.746. The van der Waals surface area contributed by atoms with Crippen molar-refractivity contribution >= 4 is 17.3 Å². The highest BCUT2D eigenvalue weighted by atomic mass is 32.1. The molecule has 0 fully saturated rings. The Labute approximate surface area is 101 Å². The second-order valence-corrected chi connectivity index (χ2v) is 5.17. The monoisotopic (exact) mass is 241 g/mol. The Balaban J connectivity index is 2.45. The maximum atomic E-state index is 10.6. The van der Waals surface area contributed by atoms with Crippen LogP contribution >= 0.6 is 11.3 Å². The molecule has 1 aromatic heterocycles. The van der Waals surface area contributed by atoms with Gasteiger partial charge in [0.25, 0.3) is 0 Å². The summed E-state index contributed by atoms with van der Waals surface area (Å²) in [5.74, 6) is -0.774. The summed E-state index contributed by atoms with van der Waals surface area (Å²) in [6, 6.07) is 0. The molecule has 0 amide bonds. The Morgan fingerprint density at radius 2 is 2.12 bits per heavy atom. The zero-order valence-electron chi connectivity index (χ0n) is 9.95. The lowest BCUT2D eigenvalue weighted by atomic mass is 10.2. The van der Waals surface area contributed by atoms with E-state index in [0.717, 1.165) is 28.4 Å². The number of thiazole rings is 1. The average molecular weight is 241 g/mol. The summed E-state index contributed by atoms with van der Waals surface area (Å²) in [6.07, 6.45) is 6.01.